The van der Waals surface area contributed by atoms with Crippen LogP contribution in [0.5, 0.6) is 0 Å². The number of aromatic nitrogens is 1. The number of rotatable bonds is 4. The first kappa shape index (κ1) is 22.7. The zero-order valence-corrected chi connectivity index (χ0v) is 17.6. The number of halogens is 2. The molecular weight excluding hydrogens is 377 g/mol. The third-order valence-corrected chi connectivity index (χ3v) is 6.43. The molecule has 2 aliphatic rings. The summed E-state index contributed by atoms with van der Waals surface area (Å²) in [5.41, 5.74) is 7.31. The summed E-state index contributed by atoms with van der Waals surface area (Å²) < 4.78 is 0. The van der Waals surface area contributed by atoms with E-state index >= 15 is 0 Å². The second kappa shape index (κ2) is 10.1. The summed E-state index contributed by atoms with van der Waals surface area (Å²) in [5, 5.41) is 3.39. The predicted octanol–water partition coefficient (Wildman–Crippen LogP) is 4.33. The number of likely N-dealkylation sites (tertiary alicyclic amines) is 1. The zero-order valence-electron chi connectivity index (χ0n) is 15.1. The van der Waals surface area contributed by atoms with Gasteiger partial charge in [-0.25, -0.2) is 4.98 Å². The van der Waals surface area contributed by atoms with E-state index in [2.05, 4.69) is 24.1 Å². The van der Waals surface area contributed by atoms with Gasteiger partial charge in [0.05, 0.1) is 10.7 Å². The molecule has 3 rings (SSSR count). The van der Waals surface area contributed by atoms with Gasteiger partial charge in [-0.2, -0.15) is 0 Å². The highest BCUT2D eigenvalue weighted by Gasteiger charge is 2.31. The van der Waals surface area contributed by atoms with Crippen molar-refractivity contribution in [3.8, 4) is 0 Å². The van der Waals surface area contributed by atoms with Gasteiger partial charge in [0.2, 0.25) is 5.91 Å². The summed E-state index contributed by atoms with van der Waals surface area (Å²) >= 11 is 1.76. The largest absolute Gasteiger partial charge is 0.342 e. The maximum absolute atomic E-state index is 12.6. The first-order valence-electron chi connectivity index (χ1n) is 9.03. The van der Waals surface area contributed by atoms with Gasteiger partial charge in [0.25, 0.3) is 0 Å². The monoisotopic (exact) mass is 407 g/mol. The van der Waals surface area contributed by atoms with Gasteiger partial charge in [-0.1, -0.05) is 20.3 Å². The Morgan fingerprint density at radius 3 is 2.68 bits per heavy atom. The molecule has 1 unspecified atom stereocenters. The van der Waals surface area contributed by atoms with Crippen molar-refractivity contribution in [3.05, 3.63) is 16.1 Å². The average molecular weight is 408 g/mol. The fourth-order valence-corrected chi connectivity index (χ4v) is 4.94. The van der Waals surface area contributed by atoms with Crippen LogP contribution in [0.15, 0.2) is 5.38 Å². The summed E-state index contributed by atoms with van der Waals surface area (Å²) in [5.74, 6) is 1.60. The summed E-state index contributed by atoms with van der Waals surface area (Å²) in [7, 11) is 0. The lowest BCUT2D eigenvalue weighted by Crippen LogP contribution is -2.41. The normalized spacial score (nSPS) is 26.2. The van der Waals surface area contributed by atoms with Crippen LogP contribution in [-0.4, -0.2) is 34.9 Å². The molecule has 0 spiro atoms. The Bertz CT molecular complexity index is 552. The van der Waals surface area contributed by atoms with E-state index in [4.69, 9.17) is 10.7 Å². The maximum Gasteiger partial charge on any atom is 0.222 e. The van der Waals surface area contributed by atoms with Crippen molar-refractivity contribution in [1.29, 1.82) is 0 Å². The summed E-state index contributed by atoms with van der Waals surface area (Å²) in [6.07, 6.45) is 6.26. The van der Waals surface area contributed by atoms with Crippen LogP contribution in [-0.2, 0) is 4.79 Å². The van der Waals surface area contributed by atoms with Crippen LogP contribution in [0.3, 0.4) is 0 Å². The van der Waals surface area contributed by atoms with Crippen LogP contribution >= 0.6 is 36.2 Å². The van der Waals surface area contributed by atoms with Crippen molar-refractivity contribution < 1.29 is 4.79 Å². The third-order valence-electron chi connectivity index (χ3n) is 5.41. The number of nitrogens with two attached hydrogens (primary N) is 1. The van der Waals surface area contributed by atoms with Gasteiger partial charge in [0.1, 0.15) is 0 Å². The molecule has 7 heteroatoms. The van der Waals surface area contributed by atoms with Crippen molar-refractivity contribution in [2.24, 2.45) is 11.7 Å². The van der Waals surface area contributed by atoms with Crippen LogP contribution in [0.1, 0.15) is 74.9 Å². The molecule has 3 atom stereocenters. The van der Waals surface area contributed by atoms with E-state index in [1.54, 1.807) is 11.3 Å². The standard InChI is InChI=1S/C18H29N3OS.2ClH/c1-12(2)16-11-23-18(20-16)14-6-4-8-21(10-14)17(22)9-13-5-3-7-15(13)19;;/h11-15H,3-10,19H2,1-2H3;2*1H/t13-,14?,15+;;/m0../s1. The van der Waals surface area contributed by atoms with Crippen LogP contribution in [0.2, 0.25) is 0 Å². The van der Waals surface area contributed by atoms with Gasteiger partial charge in [-0.05, 0) is 37.5 Å². The molecule has 1 aromatic heterocycles. The van der Waals surface area contributed by atoms with E-state index in [0.29, 0.717) is 30.1 Å². The third kappa shape index (κ3) is 5.56. The summed E-state index contributed by atoms with van der Waals surface area (Å²) in [4.78, 5) is 19.5. The van der Waals surface area contributed by atoms with E-state index in [1.807, 2.05) is 0 Å². The molecule has 2 N–H and O–H groups in total. The number of amides is 1. The highest BCUT2D eigenvalue weighted by Crippen LogP contribution is 2.32. The zero-order chi connectivity index (χ0) is 16.4. The van der Waals surface area contributed by atoms with E-state index in [0.717, 1.165) is 38.8 Å². The van der Waals surface area contributed by atoms with Crippen molar-refractivity contribution in [2.45, 2.75) is 70.3 Å². The Hall–Kier alpha value is -0.360. The Morgan fingerprint density at radius 1 is 1.32 bits per heavy atom. The lowest BCUT2D eigenvalue weighted by Gasteiger charge is -2.33. The van der Waals surface area contributed by atoms with Crippen LogP contribution in [0.4, 0.5) is 0 Å². The van der Waals surface area contributed by atoms with Gasteiger partial charge < -0.3 is 10.6 Å². The average Bonchev–Trinajstić information content (AvgIpc) is 3.17. The molecule has 0 aromatic carbocycles. The lowest BCUT2D eigenvalue weighted by molar-refractivity contribution is -0.133. The van der Waals surface area contributed by atoms with E-state index in [1.165, 1.54) is 17.1 Å². The molecule has 2 fully saturated rings. The smallest absolute Gasteiger partial charge is 0.222 e. The minimum absolute atomic E-state index is 0. The highest BCUT2D eigenvalue weighted by atomic mass is 35.5. The number of hydrogen-bond donors (Lipinski definition) is 1. The molecule has 1 aliphatic carbocycles. The van der Waals surface area contributed by atoms with Gasteiger partial charge >= 0.3 is 0 Å². The summed E-state index contributed by atoms with van der Waals surface area (Å²) in [6.45, 7) is 6.10. The van der Waals surface area contributed by atoms with E-state index in [9.17, 15) is 4.79 Å². The molecule has 1 amide bonds. The molecule has 2 heterocycles. The molecule has 1 aliphatic heterocycles. The van der Waals surface area contributed by atoms with Crippen molar-refractivity contribution in [1.82, 2.24) is 9.88 Å². The van der Waals surface area contributed by atoms with Crippen molar-refractivity contribution in [2.75, 3.05) is 13.1 Å². The highest BCUT2D eigenvalue weighted by molar-refractivity contribution is 7.09. The Morgan fingerprint density at radius 2 is 2.08 bits per heavy atom. The second-order valence-electron chi connectivity index (χ2n) is 7.50. The molecule has 1 saturated carbocycles. The first-order chi connectivity index (χ1) is 11.0. The van der Waals surface area contributed by atoms with E-state index < -0.39 is 0 Å². The van der Waals surface area contributed by atoms with Gasteiger partial charge in [0, 0.05) is 36.9 Å². The minimum atomic E-state index is 0. The fourth-order valence-electron chi connectivity index (χ4n) is 3.83. The molecule has 4 nitrogen and oxygen atoms in total. The Labute approximate surface area is 167 Å². The molecule has 144 valence electrons. The number of carbonyl (C=O) groups excluding carboxylic acids is 1. The summed E-state index contributed by atoms with van der Waals surface area (Å²) in [6, 6.07) is 0.229. The molecular formula is C18H31Cl2N3OS. The molecule has 0 bridgehead atoms. The Balaban J connectivity index is 0.00000156. The number of nitrogens with zero attached hydrogens (tertiary/aromatic N) is 2. The van der Waals surface area contributed by atoms with Gasteiger partial charge in [0.15, 0.2) is 0 Å². The minimum Gasteiger partial charge on any atom is -0.342 e. The van der Waals surface area contributed by atoms with E-state index in [-0.39, 0.29) is 30.9 Å². The predicted molar refractivity (Wildman–Crippen MR) is 109 cm³/mol. The van der Waals surface area contributed by atoms with Crippen molar-refractivity contribution in [3.63, 3.8) is 0 Å². The number of hydrogen-bond acceptors (Lipinski definition) is 4. The quantitative estimate of drug-likeness (QED) is 0.807. The van der Waals surface area contributed by atoms with Crippen LogP contribution in [0, 0.1) is 5.92 Å². The molecule has 1 aromatic rings. The Kier molecular flexibility index (Phi) is 9.16. The number of piperidine rings is 1. The lowest BCUT2D eigenvalue weighted by atomic mass is 9.95. The molecule has 25 heavy (non-hydrogen) atoms. The first-order valence-corrected chi connectivity index (χ1v) is 9.91. The number of carbonyl (C=O) groups is 1. The second-order valence-corrected chi connectivity index (χ2v) is 8.39. The SMILES string of the molecule is CC(C)c1csc(C2CCCN(C(=O)C[C@@H]3CCC[C@H]3N)C2)n1.Cl.Cl. The van der Waals surface area contributed by atoms with Crippen LogP contribution < -0.4 is 5.73 Å². The van der Waals surface area contributed by atoms with Gasteiger partial charge in [-0.15, -0.1) is 36.2 Å². The number of thiazole rings is 1. The van der Waals surface area contributed by atoms with Crippen molar-refractivity contribution >= 4 is 42.1 Å². The molecule has 0 radical (unpaired) electrons. The maximum atomic E-state index is 12.6. The van der Waals surface area contributed by atoms with Gasteiger partial charge in [-0.3, -0.25) is 4.79 Å². The van der Waals surface area contributed by atoms with Crippen LogP contribution in [0.25, 0.3) is 0 Å². The molecule has 1 saturated heterocycles. The fraction of sp³-hybridized carbons (Fsp3) is 0.778. The topological polar surface area (TPSA) is 59.2 Å².